The first-order valence-corrected chi connectivity index (χ1v) is 7.30. The molecule has 3 nitrogen and oxygen atoms in total. The Morgan fingerprint density at radius 2 is 2.00 bits per heavy atom. The first-order chi connectivity index (χ1) is 9.85. The van der Waals surface area contributed by atoms with E-state index in [0.29, 0.717) is 6.61 Å². The molecule has 1 N–H and O–H groups in total. The SMILES string of the molecule is CNCc1coc(COc2ccc3c(c2)CCCC3)c1. The predicted molar refractivity (Wildman–Crippen MR) is 78.9 cm³/mol. The zero-order chi connectivity index (χ0) is 13.8. The van der Waals surface area contributed by atoms with Gasteiger partial charge < -0.3 is 14.5 Å². The molecule has 0 fully saturated rings. The molecule has 0 spiro atoms. The third-order valence-electron chi connectivity index (χ3n) is 3.79. The van der Waals surface area contributed by atoms with Gasteiger partial charge in [0, 0.05) is 12.1 Å². The van der Waals surface area contributed by atoms with Crippen LogP contribution in [0.2, 0.25) is 0 Å². The summed E-state index contributed by atoms with van der Waals surface area (Å²) in [7, 11) is 1.93. The standard InChI is InChI=1S/C17H21NO2/c1-18-10-13-8-17(19-11-13)12-20-16-7-6-14-4-2-3-5-15(14)9-16/h6-9,11,18H,2-5,10,12H2,1H3. The number of fused-ring (bicyclic) bond motifs is 1. The van der Waals surface area contributed by atoms with Gasteiger partial charge in [0.2, 0.25) is 0 Å². The van der Waals surface area contributed by atoms with Gasteiger partial charge in [-0.25, -0.2) is 0 Å². The number of rotatable bonds is 5. The Balaban J connectivity index is 1.62. The highest BCUT2D eigenvalue weighted by Crippen LogP contribution is 2.25. The van der Waals surface area contributed by atoms with Crippen LogP contribution in [0.3, 0.4) is 0 Å². The summed E-state index contributed by atoms with van der Waals surface area (Å²) in [6.45, 7) is 1.31. The van der Waals surface area contributed by atoms with Gasteiger partial charge in [-0.1, -0.05) is 6.07 Å². The summed E-state index contributed by atoms with van der Waals surface area (Å²) in [4.78, 5) is 0. The number of benzene rings is 1. The lowest BCUT2D eigenvalue weighted by atomic mass is 9.92. The molecule has 20 heavy (non-hydrogen) atoms. The van der Waals surface area contributed by atoms with Crippen LogP contribution >= 0.6 is 0 Å². The van der Waals surface area contributed by atoms with Gasteiger partial charge in [-0.3, -0.25) is 0 Å². The maximum atomic E-state index is 5.84. The molecule has 0 saturated heterocycles. The van der Waals surface area contributed by atoms with Crippen molar-refractivity contribution in [3.05, 3.63) is 53.0 Å². The average molecular weight is 271 g/mol. The normalized spacial score (nSPS) is 14.1. The summed E-state index contributed by atoms with van der Waals surface area (Å²) in [6, 6.07) is 8.50. The number of nitrogens with one attached hydrogen (secondary N) is 1. The molecule has 106 valence electrons. The highest BCUT2D eigenvalue weighted by Gasteiger charge is 2.10. The Morgan fingerprint density at radius 1 is 1.15 bits per heavy atom. The second-order valence-corrected chi connectivity index (χ2v) is 5.38. The van der Waals surface area contributed by atoms with E-state index >= 15 is 0 Å². The molecule has 0 unspecified atom stereocenters. The van der Waals surface area contributed by atoms with Crippen LogP contribution in [0.1, 0.15) is 35.3 Å². The van der Waals surface area contributed by atoms with Gasteiger partial charge in [0.15, 0.2) is 0 Å². The molecule has 0 amide bonds. The van der Waals surface area contributed by atoms with Crippen molar-refractivity contribution in [3.63, 3.8) is 0 Å². The predicted octanol–water partition coefficient (Wildman–Crippen LogP) is 3.46. The molecule has 3 heteroatoms. The Hall–Kier alpha value is -1.74. The van der Waals surface area contributed by atoms with E-state index in [1.807, 2.05) is 13.1 Å². The van der Waals surface area contributed by atoms with Gasteiger partial charge in [0.05, 0.1) is 6.26 Å². The third-order valence-corrected chi connectivity index (χ3v) is 3.79. The molecule has 0 aliphatic heterocycles. The van der Waals surface area contributed by atoms with E-state index in [9.17, 15) is 0 Å². The first kappa shape index (κ1) is 13.3. The minimum Gasteiger partial charge on any atom is -0.486 e. The number of furan rings is 1. The van der Waals surface area contributed by atoms with Gasteiger partial charge in [-0.05, 0) is 62.1 Å². The second-order valence-electron chi connectivity index (χ2n) is 5.38. The van der Waals surface area contributed by atoms with E-state index in [2.05, 4.69) is 23.5 Å². The van der Waals surface area contributed by atoms with Gasteiger partial charge in [-0.15, -0.1) is 0 Å². The smallest absolute Gasteiger partial charge is 0.146 e. The molecule has 0 bridgehead atoms. The van der Waals surface area contributed by atoms with Crippen molar-refractivity contribution in [2.45, 2.75) is 38.8 Å². The topological polar surface area (TPSA) is 34.4 Å². The number of ether oxygens (including phenoxy) is 1. The van der Waals surface area contributed by atoms with Crippen molar-refractivity contribution in [3.8, 4) is 5.75 Å². The molecule has 1 aliphatic carbocycles. The van der Waals surface area contributed by atoms with Crippen molar-refractivity contribution in [2.24, 2.45) is 0 Å². The van der Waals surface area contributed by atoms with E-state index in [1.165, 1.54) is 36.8 Å². The van der Waals surface area contributed by atoms with Crippen molar-refractivity contribution in [1.82, 2.24) is 5.32 Å². The highest BCUT2D eigenvalue weighted by molar-refractivity contribution is 5.37. The van der Waals surface area contributed by atoms with E-state index < -0.39 is 0 Å². The number of hydrogen-bond donors (Lipinski definition) is 1. The van der Waals surface area contributed by atoms with Crippen LogP contribution < -0.4 is 10.1 Å². The van der Waals surface area contributed by atoms with Crippen LogP contribution in [0.4, 0.5) is 0 Å². The number of aryl methyl sites for hydroxylation is 2. The van der Waals surface area contributed by atoms with Gasteiger partial charge >= 0.3 is 0 Å². The maximum Gasteiger partial charge on any atom is 0.146 e. The Bertz CT molecular complexity index is 574. The highest BCUT2D eigenvalue weighted by atomic mass is 16.5. The summed E-state index contributed by atoms with van der Waals surface area (Å²) in [5.41, 5.74) is 4.08. The van der Waals surface area contributed by atoms with Crippen LogP contribution in [0.15, 0.2) is 34.9 Å². The monoisotopic (exact) mass is 271 g/mol. The quantitative estimate of drug-likeness (QED) is 0.904. The Kier molecular flexibility index (Phi) is 4.07. The van der Waals surface area contributed by atoms with Crippen LogP contribution in [-0.2, 0) is 26.0 Å². The third kappa shape index (κ3) is 3.05. The van der Waals surface area contributed by atoms with Crippen LogP contribution in [0, 0.1) is 0 Å². The minimum absolute atomic E-state index is 0.489. The van der Waals surface area contributed by atoms with E-state index in [0.717, 1.165) is 23.6 Å². The fraction of sp³-hybridized carbons (Fsp3) is 0.412. The molecular weight excluding hydrogens is 250 g/mol. The fourth-order valence-corrected chi connectivity index (χ4v) is 2.75. The zero-order valence-corrected chi connectivity index (χ0v) is 11.9. The van der Waals surface area contributed by atoms with Gasteiger partial charge in [-0.2, -0.15) is 0 Å². The maximum absolute atomic E-state index is 5.84. The lowest BCUT2D eigenvalue weighted by Crippen LogP contribution is -2.04. The van der Waals surface area contributed by atoms with Crippen molar-refractivity contribution in [1.29, 1.82) is 0 Å². The Labute approximate surface area is 119 Å². The van der Waals surface area contributed by atoms with E-state index in [-0.39, 0.29) is 0 Å². The lowest BCUT2D eigenvalue weighted by molar-refractivity contribution is 0.270. The molecule has 1 aromatic heterocycles. The molecule has 2 aromatic rings. The molecule has 0 radical (unpaired) electrons. The number of hydrogen-bond acceptors (Lipinski definition) is 3. The van der Waals surface area contributed by atoms with Crippen molar-refractivity contribution in [2.75, 3.05) is 7.05 Å². The molecule has 1 aliphatic rings. The van der Waals surface area contributed by atoms with Crippen LogP contribution in [0.5, 0.6) is 5.75 Å². The summed E-state index contributed by atoms with van der Waals surface area (Å²) in [5.74, 6) is 1.81. The van der Waals surface area contributed by atoms with Crippen LogP contribution in [0.25, 0.3) is 0 Å². The molecule has 1 aromatic carbocycles. The van der Waals surface area contributed by atoms with E-state index in [4.69, 9.17) is 9.15 Å². The Morgan fingerprint density at radius 3 is 2.85 bits per heavy atom. The summed E-state index contributed by atoms with van der Waals surface area (Å²) in [6.07, 6.45) is 6.78. The fourth-order valence-electron chi connectivity index (χ4n) is 2.75. The molecule has 3 rings (SSSR count). The minimum atomic E-state index is 0.489. The summed E-state index contributed by atoms with van der Waals surface area (Å²) < 4.78 is 11.3. The van der Waals surface area contributed by atoms with Gasteiger partial charge in [0.1, 0.15) is 18.1 Å². The lowest BCUT2D eigenvalue weighted by Gasteiger charge is -2.16. The van der Waals surface area contributed by atoms with Crippen LogP contribution in [-0.4, -0.2) is 7.05 Å². The zero-order valence-electron chi connectivity index (χ0n) is 11.9. The largest absolute Gasteiger partial charge is 0.486 e. The summed E-state index contributed by atoms with van der Waals surface area (Å²) in [5, 5.41) is 3.10. The summed E-state index contributed by atoms with van der Waals surface area (Å²) >= 11 is 0. The molecule has 0 saturated carbocycles. The first-order valence-electron chi connectivity index (χ1n) is 7.30. The van der Waals surface area contributed by atoms with E-state index in [1.54, 1.807) is 6.26 Å². The average Bonchev–Trinajstić information content (AvgIpc) is 2.93. The van der Waals surface area contributed by atoms with Crippen molar-refractivity contribution < 1.29 is 9.15 Å². The molecule has 1 heterocycles. The van der Waals surface area contributed by atoms with Crippen molar-refractivity contribution >= 4 is 0 Å². The van der Waals surface area contributed by atoms with Gasteiger partial charge in [0.25, 0.3) is 0 Å². The molecule has 0 atom stereocenters. The molecular formula is C17H21NO2. The second kappa shape index (κ2) is 6.14.